The van der Waals surface area contributed by atoms with Gasteiger partial charge in [0.15, 0.2) is 0 Å². The van der Waals surface area contributed by atoms with Gasteiger partial charge in [-0.25, -0.2) is 8.42 Å². The molecule has 0 N–H and O–H groups in total. The van der Waals surface area contributed by atoms with Gasteiger partial charge in [0.1, 0.15) is 0 Å². The van der Waals surface area contributed by atoms with Crippen LogP contribution in [0.15, 0.2) is 23.1 Å². The molecule has 0 radical (unpaired) electrons. The van der Waals surface area contributed by atoms with Crippen molar-refractivity contribution >= 4 is 21.8 Å². The average molecular weight is 310 g/mol. The van der Waals surface area contributed by atoms with Gasteiger partial charge in [-0.05, 0) is 31.5 Å². The fourth-order valence-corrected chi connectivity index (χ4v) is 5.57. The summed E-state index contributed by atoms with van der Waals surface area (Å²) in [5.74, 6) is 0.807. The fourth-order valence-electron chi connectivity index (χ4n) is 2.32. The summed E-state index contributed by atoms with van der Waals surface area (Å²) in [6.07, 6.45) is 0. The molecule has 0 aromatic heterocycles. The van der Waals surface area contributed by atoms with E-state index in [2.05, 4.69) is 6.92 Å². The molecule has 1 saturated heterocycles. The number of hydrogen-bond donors (Lipinski definition) is 0. The van der Waals surface area contributed by atoms with E-state index in [1.165, 1.54) is 6.07 Å². The molecule has 108 valence electrons. The summed E-state index contributed by atoms with van der Waals surface area (Å²) < 4.78 is 27.2. The van der Waals surface area contributed by atoms with Crippen LogP contribution in [-0.2, 0) is 10.0 Å². The lowest BCUT2D eigenvalue weighted by molar-refractivity contribution is 0.340. The van der Waals surface area contributed by atoms with E-state index < -0.39 is 10.0 Å². The monoisotopic (exact) mass is 310 g/mol. The van der Waals surface area contributed by atoms with E-state index in [1.807, 2.05) is 13.0 Å². The van der Waals surface area contributed by atoms with Crippen molar-refractivity contribution in [2.45, 2.75) is 37.0 Å². The Morgan fingerprint density at radius 2 is 2.10 bits per heavy atom. The van der Waals surface area contributed by atoms with Gasteiger partial charge in [0, 0.05) is 23.6 Å². The Balaban J connectivity index is 2.47. The van der Waals surface area contributed by atoms with E-state index in [0.29, 0.717) is 17.7 Å². The van der Waals surface area contributed by atoms with Crippen LogP contribution in [0, 0.1) is 18.3 Å². The van der Waals surface area contributed by atoms with Gasteiger partial charge < -0.3 is 0 Å². The van der Waals surface area contributed by atoms with Crippen LogP contribution in [0.1, 0.15) is 25.0 Å². The van der Waals surface area contributed by atoms with Crippen LogP contribution >= 0.6 is 11.8 Å². The number of hydrogen-bond acceptors (Lipinski definition) is 4. The molecular weight excluding hydrogens is 292 g/mol. The first kappa shape index (κ1) is 15.4. The molecule has 0 bridgehead atoms. The minimum atomic E-state index is -3.54. The van der Waals surface area contributed by atoms with Crippen LogP contribution in [0.3, 0.4) is 0 Å². The third-order valence-corrected chi connectivity index (χ3v) is 7.20. The van der Waals surface area contributed by atoms with Gasteiger partial charge in [-0.15, -0.1) is 0 Å². The van der Waals surface area contributed by atoms with Crippen molar-refractivity contribution in [3.8, 4) is 6.07 Å². The van der Waals surface area contributed by atoms with Crippen molar-refractivity contribution in [1.29, 1.82) is 5.26 Å². The minimum absolute atomic E-state index is 0.0381. The standard InChI is InChI=1S/C14H18N2O2S2/c1-10-4-5-13(9-15)8-14(10)20(17,18)16-6-7-19-12(3)11(16)2/h4-5,8,11-12H,6-7H2,1-3H3. The highest BCUT2D eigenvalue weighted by molar-refractivity contribution is 8.00. The predicted molar refractivity (Wildman–Crippen MR) is 81.2 cm³/mol. The first-order valence-corrected chi connectivity index (χ1v) is 9.01. The van der Waals surface area contributed by atoms with Crippen molar-refractivity contribution < 1.29 is 8.42 Å². The van der Waals surface area contributed by atoms with E-state index >= 15 is 0 Å². The first-order chi connectivity index (χ1) is 9.37. The number of sulfonamides is 1. The molecule has 4 nitrogen and oxygen atoms in total. The topological polar surface area (TPSA) is 61.2 Å². The largest absolute Gasteiger partial charge is 0.243 e. The second-order valence-corrected chi connectivity index (χ2v) is 8.37. The highest BCUT2D eigenvalue weighted by atomic mass is 32.2. The van der Waals surface area contributed by atoms with Crippen LogP contribution in [0.2, 0.25) is 0 Å². The molecule has 1 heterocycles. The van der Waals surface area contributed by atoms with E-state index in [1.54, 1.807) is 35.1 Å². The van der Waals surface area contributed by atoms with E-state index in [9.17, 15) is 8.42 Å². The van der Waals surface area contributed by atoms with Gasteiger partial charge in [-0.1, -0.05) is 13.0 Å². The Labute approximate surface area is 124 Å². The summed E-state index contributed by atoms with van der Waals surface area (Å²) in [7, 11) is -3.54. The van der Waals surface area contributed by atoms with Crippen molar-refractivity contribution in [3.63, 3.8) is 0 Å². The normalized spacial score (nSPS) is 24.3. The van der Waals surface area contributed by atoms with E-state index in [-0.39, 0.29) is 16.2 Å². The van der Waals surface area contributed by atoms with Crippen LogP contribution in [0.5, 0.6) is 0 Å². The Kier molecular flexibility index (Phi) is 4.43. The molecule has 0 amide bonds. The number of benzene rings is 1. The zero-order valence-electron chi connectivity index (χ0n) is 11.8. The molecule has 1 aliphatic heterocycles. The second-order valence-electron chi connectivity index (χ2n) is 5.02. The fraction of sp³-hybridized carbons (Fsp3) is 0.500. The second kappa shape index (κ2) is 5.76. The minimum Gasteiger partial charge on any atom is -0.207 e. The Morgan fingerprint density at radius 3 is 2.75 bits per heavy atom. The lowest BCUT2D eigenvalue weighted by Crippen LogP contribution is -2.47. The maximum atomic E-state index is 12.8. The average Bonchev–Trinajstić information content (AvgIpc) is 2.42. The molecule has 1 aromatic rings. The van der Waals surface area contributed by atoms with Crippen LogP contribution in [0.25, 0.3) is 0 Å². The van der Waals surface area contributed by atoms with Crippen molar-refractivity contribution in [2.24, 2.45) is 0 Å². The van der Waals surface area contributed by atoms with Crippen LogP contribution < -0.4 is 0 Å². The van der Waals surface area contributed by atoms with Gasteiger partial charge in [0.05, 0.1) is 16.5 Å². The molecule has 0 spiro atoms. The molecular formula is C14H18N2O2S2. The van der Waals surface area contributed by atoms with Gasteiger partial charge in [-0.3, -0.25) is 0 Å². The molecule has 1 fully saturated rings. The molecule has 1 aromatic carbocycles. The number of nitriles is 1. The number of thioether (sulfide) groups is 1. The summed E-state index contributed by atoms with van der Waals surface area (Å²) in [6, 6.07) is 6.78. The number of nitrogens with zero attached hydrogens (tertiary/aromatic N) is 2. The maximum absolute atomic E-state index is 12.8. The summed E-state index contributed by atoms with van der Waals surface area (Å²) >= 11 is 1.79. The van der Waals surface area contributed by atoms with Crippen molar-refractivity contribution in [1.82, 2.24) is 4.31 Å². The lowest BCUT2D eigenvalue weighted by atomic mass is 10.2. The molecule has 6 heteroatoms. The molecule has 2 rings (SSSR count). The third-order valence-electron chi connectivity index (χ3n) is 3.73. The highest BCUT2D eigenvalue weighted by Crippen LogP contribution is 2.30. The molecule has 2 atom stereocenters. The first-order valence-electron chi connectivity index (χ1n) is 6.52. The molecule has 2 unspecified atom stereocenters. The Morgan fingerprint density at radius 1 is 1.40 bits per heavy atom. The summed E-state index contributed by atoms with van der Waals surface area (Å²) in [5.41, 5.74) is 1.06. The van der Waals surface area contributed by atoms with Crippen LogP contribution in [-0.4, -0.2) is 36.3 Å². The summed E-state index contributed by atoms with van der Waals surface area (Å²) in [5, 5.41) is 9.24. The molecule has 20 heavy (non-hydrogen) atoms. The molecule has 0 saturated carbocycles. The zero-order chi connectivity index (χ0) is 14.9. The molecule has 1 aliphatic rings. The van der Waals surface area contributed by atoms with Gasteiger partial charge >= 0.3 is 0 Å². The predicted octanol–water partition coefficient (Wildman–Crippen LogP) is 2.38. The van der Waals surface area contributed by atoms with Crippen molar-refractivity contribution in [2.75, 3.05) is 12.3 Å². The summed E-state index contributed by atoms with van der Waals surface area (Å²) in [6.45, 7) is 6.28. The van der Waals surface area contributed by atoms with Gasteiger partial charge in [0.25, 0.3) is 0 Å². The molecule has 0 aliphatic carbocycles. The van der Waals surface area contributed by atoms with E-state index in [0.717, 1.165) is 5.75 Å². The number of rotatable bonds is 2. The zero-order valence-corrected chi connectivity index (χ0v) is 13.5. The lowest BCUT2D eigenvalue weighted by Gasteiger charge is -2.36. The number of aryl methyl sites for hydroxylation is 1. The smallest absolute Gasteiger partial charge is 0.207 e. The summed E-state index contributed by atoms with van der Waals surface area (Å²) in [4.78, 5) is 0.252. The Bertz CT molecular complexity index is 650. The highest BCUT2D eigenvalue weighted by Gasteiger charge is 2.35. The van der Waals surface area contributed by atoms with Crippen LogP contribution in [0.4, 0.5) is 0 Å². The van der Waals surface area contributed by atoms with E-state index in [4.69, 9.17) is 5.26 Å². The third kappa shape index (κ3) is 2.71. The Hall–Kier alpha value is -1.03. The van der Waals surface area contributed by atoms with Crippen molar-refractivity contribution in [3.05, 3.63) is 29.3 Å². The van der Waals surface area contributed by atoms with Gasteiger partial charge in [0.2, 0.25) is 10.0 Å². The SMILES string of the molecule is Cc1ccc(C#N)cc1S(=O)(=O)N1CCSC(C)C1C. The maximum Gasteiger partial charge on any atom is 0.243 e. The van der Waals surface area contributed by atoms with Gasteiger partial charge in [-0.2, -0.15) is 21.3 Å². The quantitative estimate of drug-likeness (QED) is 0.841.